The molecule has 0 saturated carbocycles. The number of esters is 1. The number of carbonyl (C=O) groups is 3. The van der Waals surface area contributed by atoms with Gasteiger partial charge in [-0.1, -0.05) is 12.1 Å². The van der Waals surface area contributed by atoms with Crippen molar-refractivity contribution in [1.82, 2.24) is 0 Å². The third-order valence-electron chi connectivity index (χ3n) is 4.99. The number of methoxy groups -OCH3 is 1. The molecular weight excluding hydrogens is 468 g/mol. The predicted molar refractivity (Wildman–Crippen MR) is 130 cm³/mol. The van der Waals surface area contributed by atoms with Crippen molar-refractivity contribution in [3.63, 3.8) is 0 Å². The smallest absolute Gasteiger partial charge is 0.306 e. The van der Waals surface area contributed by atoms with E-state index in [4.69, 9.17) is 14.2 Å². The Morgan fingerprint density at radius 3 is 2.17 bits per heavy atom. The van der Waals surface area contributed by atoms with Crippen LogP contribution in [0.4, 0.5) is 11.4 Å². The normalized spacial score (nSPS) is 10.2. The number of ketones is 1. The summed E-state index contributed by atoms with van der Waals surface area (Å²) >= 11 is 0. The molecule has 0 atom stereocenters. The van der Waals surface area contributed by atoms with Gasteiger partial charge in [0.05, 0.1) is 17.7 Å². The highest BCUT2D eigenvalue weighted by atomic mass is 16.6. The second kappa shape index (κ2) is 12.7. The molecule has 0 saturated heterocycles. The predicted octanol–water partition coefficient (Wildman–Crippen LogP) is 4.93. The summed E-state index contributed by atoms with van der Waals surface area (Å²) in [4.78, 5) is 46.6. The summed E-state index contributed by atoms with van der Waals surface area (Å²) in [6, 6.07) is 18.8. The van der Waals surface area contributed by atoms with Gasteiger partial charge in [-0.15, -0.1) is 0 Å². The average Bonchev–Trinajstić information content (AvgIpc) is 2.88. The minimum Gasteiger partial charge on any atom is -0.495 e. The van der Waals surface area contributed by atoms with E-state index < -0.39 is 17.5 Å². The number of carbonyl (C=O) groups excluding carboxylic acids is 3. The number of rotatable bonds is 12. The van der Waals surface area contributed by atoms with Crippen LogP contribution in [-0.4, -0.2) is 36.3 Å². The summed E-state index contributed by atoms with van der Waals surface area (Å²) in [5.74, 6) is 0.147. The first kappa shape index (κ1) is 25.9. The number of nitro benzene ring substituents is 1. The molecule has 0 radical (unpaired) electrons. The number of benzene rings is 3. The van der Waals surface area contributed by atoms with E-state index in [1.165, 1.54) is 43.5 Å². The highest BCUT2D eigenvalue weighted by molar-refractivity contribution is 5.98. The summed E-state index contributed by atoms with van der Waals surface area (Å²) in [6.45, 7) is -0.422. The number of Topliss-reactive ketones (excluding diaryl/α,β-unsaturated/α-hetero) is 1. The van der Waals surface area contributed by atoms with E-state index in [-0.39, 0.29) is 36.6 Å². The lowest BCUT2D eigenvalue weighted by Crippen LogP contribution is -2.15. The molecule has 0 fully saturated rings. The van der Waals surface area contributed by atoms with Gasteiger partial charge in [-0.05, 0) is 55.0 Å². The van der Waals surface area contributed by atoms with E-state index >= 15 is 0 Å². The Morgan fingerprint density at radius 2 is 1.53 bits per heavy atom. The lowest BCUT2D eigenvalue weighted by atomic mass is 10.1. The summed E-state index contributed by atoms with van der Waals surface area (Å²) < 4.78 is 15.8. The van der Waals surface area contributed by atoms with Gasteiger partial charge in [0.15, 0.2) is 12.4 Å². The van der Waals surface area contributed by atoms with Crippen molar-refractivity contribution in [1.29, 1.82) is 0 Å². The van der Waals surface area contributed by atoms with Gasteiger partial charge in [0.25, 0.3) is 5.69 Å². The Hall–Kier alpha value is -4.73. The van der Waals surface area contributed by atoms with Crippen LogP contribution in [0.1, 0.15) is 29.6 Å². The SMILES string of the molecule is COc1ccccc1NC(=O)CCCC(=O)OCC(=O)c1ccc(Oc2ccc([N+](=O)[O-])cc2)cc1. The molecule has 0 aliphatic heterocycles. The largest absolute Gasteiger partial charge is 0.495 e. The van der Waals surface area contributed by atoms with E-state index in [1.807, 2.05) is 0 Å². The van der Waals surface area contributed by atoms with Gasteiger partial charge in [0.1, 0.15) is 17.2 Å². The van der Waals surface area contributed by atoms with Gasteiger partial charge in [0, 0.05) is 30.5 Å². The Balaban J connectivity index is 1.38. The molecule has 3 aromatic carbocycles. The van der Waals surface area contributed by atoms with Gasteiger partial charge < -0.3 is 19.5 Å². The number of hydrogen-bond donors (Lipinski definition) is 1. The Kier molecular flexibility index (Phi) is 9.10. The minimum atomic E-state index is -0.577. The molecule has 0 aliphatic carbocycles. The number of nitro groups is 1. The summed E-state index contributed by atoms with van der Waals surface area (Å²) in [5.41, 5.74) is 0.825. The molecule has 10 heteroatoms. The van der Waals surface area contributed by atoms with Crippen molar-refractivity contribution in [2.24, 2.45) is 0 Å². The molecule has 0 heterocycles. The molecule has 0 spiro atoms. The topological polar surface area (TPSA) is 134 Å². The summed E-state index contributed by atoms with van der Waals surface area (Å²) in [7, 11) is 1.51. The number of anilines is 1. The zero-order chi connectivity index (χ0) is 25.9. The molecule has 36 heavy (non-hydrogen) atoms. The van der Waals surface area contributed by atoms with Gasteiger partial charge in [-0.3, -0.25) is 24.5 Å². The van der Waals surface area contributed by atoms with Gasteiger partial charge in [-0.25, -0.2) is 0 Å². The second-order valence-electron chi connectivity index (χ2n) is 7.56. The van der Waals surface area contributed by atoms with Crippen molar-refractivity contribution < 1.29 is 33.5 Å². The van der Waals surface area contributed by atoms with Crippen LogP contribution >= 0.6 is 0 Å². The van der Waals surface area contributed by atoms with Crippen molar-refractivity contribution in [3.05, 3.63) is 88.5 Å². The molecule has 0 bridgehead atoms. The number of nitrogens with one attached hydrogen (secondary N) is 1. The van der Waals surface area contributed by atoms with Gasteiger partial charge >= 0.3 is 5.97 Å². The highest BCUT2D eigenvalue weighted by Gasteiger charge is 2.12. The number of ether oxygens (including phenoxy) is 3. The molecule has 0 aromatic heterocycles. The zero-order valence-corrected chi connectivity index (χ0v) is 19.5. The number of non-ortho nitro benzene ring substituents is 1. The minimum absolute atomic E-state index is 0.00532. The van der Waals surface area contributed by atoms with Crippen LogP contribution in [0, 0.1) is 10.1 Å². The number of nitrogens with zero attached hydrogens (tertiary/aromatic N) is 1. The van der Waals surface area contributed by atoms with Crippen molar-refractivity contribution in [2.45, 2.75) is 19.3 Å². The van der Waals surface area contributed by atoms with Crippen LogP contribution in [0.5, 0.6) is 17.2 Å². The van der Waals surface area contributed by atoms with Crippen LogP contribution in [0.3, 0.4) is 0 Å². The van der Waals surface area contributed by atoms with Crippen LogP contribution in [0.2, 0.25) is 0 Å². The molecule has 186 valence electrons. The summed E-state index contributed by atoms with van der Waals surface area (Å²) in [6.07, 6.45) is 0.370. The number of para-hydroxylation sites is 2. The molecule has 3 aromatic rings. The number of hydrogen-bond acceptors (Lipinski definition) is 8. The maximum absolute atomic E-state index is 12.3. The van der Waals surface area contributed by atoms with Crippen LogP contribution in [0.15, 0.2) is 72.8 Å². The van der Waals surface area contributed by atoms with Crippen LogP contribution in [0.25, 0.3) is 0 Å². The van der Waals surface area contributed by atoms with E-state index in [0.29, 0.717) is 28.5 Å². The Bertz CT molecular complexity index is 1220. The number of amides is 1. The fraction of sp³-hybridized carbons (Fsp3) is 0.192. The van der Waals surface area contributed by atoms with Crippen LogP contribution < -0.4 is 14.8 Å². The first-order valence-corrected chi connectivity index (χ1v) is 11.0. The maximum Gasteiger partial charge on any atom is 0.306 e. The van der Waals surface area contributed by atoms with Crippen LogP contribution in [-0.2, 0) is 14.3 Å². The van der Waals surface area contributed by atoms with Crippen molar-refractivity contribution in [2.75, 3.05) is 19.0 Å². The fourth-order valence-corrected chi connectivity index (χ4v) is 3.14. The van der Waals surface area contributed by atoms with E-state index in [0.717, 1.165) is 0 Å². The molecule has 0 aliphatic rings. The molecule has 1 amide bonds. The van der Waals surface area contributed by atoms with E-state index in [2.05, 4.69) is 5.32 Å². The van der Waals surface area contributed by atoms with Crippen molar-refractivity contribution in [3.8, 4) is 17.2 Å². The fourth-order valence-electron chi connectivity index (χ4n) is 3.14. The molecule has 10 nitrogen and oxygen atoms in total. The van der Waals surface area contributed by atoms with Gasteiger partial charge in [-0.2, -0.15) is 0 Å². The third-order valence-corrected chi connectivity index (χ3v) is 4.99. The van der Waals surface area contributed by atoms with E-state index in [1.54, 1.807) is 36.4 Å². The lowest BCUT2D eigenvalue weighted by molar-refractivity contribution is -0.384. The van der Waals surface area contributed by atoms with E-state index in [9.17, 15) is 24.5 Å². The Morgan fingerprint density at radius 1 is 0.889 bits per heavy atom. The zero-order valence-electron chi connectivity index (χ0n) is 19.5. The average molecular weight is 492 g/mol. The Labute approximate surface area is 206 Å². The first-order chi connectivity index (χ1) is 17.4. The molecule has 0 unspecified atom stereocenters. The molecule has 3 rings (SSSR count). The highest BCUT2D eigenvalue weighted by Crippen LogP contribution is 2.25. The molecular formula is C26H24N2O8. The quantitative estimate of drug-likeness (QED) is 0.163. The monoisotopic (exact) mass is 492 g/mol. The van der Waals surface area contributed by atoms with Gasteiger partial charge in [0.2, 0.25) is 5.91 Å². The standard InChI is InChI=1S/C26H24N2O8/c1-34-24-6-3-2-5-22(24)27-25(30)7-4-8-26(31)35-17-23(29)18-9-13-20(14-10-18)36-21-15-11-19(12-16-21)28(32)33/h2-3,5-6,9-16H,4,7-8,17H2,1H3,(H,27,30). The first-order valence-electron chi connectivity index (χ1n) is 11.0. The second-order valence-corrected chi connectivity index (χ2v) is 7.56. The lowest BCUT2D eigenvalue weighted by Gasteiger charge is -2.09. The summed E-state index contributed by atoms with van der Waals surface area (Å²) in [5, 5.41) is 13.4. The van der Waals surface area contributed by atoms with Crippen molar-refractivity contribution >= 4 is 29.0 Å². The maximum atomic E-state index is 12.3. The third kappa shape index (κ3) is 7.66. The molecule has 1 N–H and O–H groups in total.